The van der Waals surface area contributed by atoms with Crippen molar-refractivity contribution < 1.29 is 4.79 Å². The number of anilines is 1. The minimum absolute atomic E-state index is 0.139. The lowest BCUT2D eigenvalue weighted by atomic mass is 10.1. The number of aromatic nitrogens is 3. The van der Waals surface area contributed by atoms with E-state index < -0.39 is 0 Å². The van der Waals surface area contributed by atoms with E-state index in [9.17, 15) is 9.59 Å². The maximum absolute atomic E-state index is 13.6. The first kappa shape index (κ1) is 22.0. The van der Waals surface area contributed by atoms with Gasteiger partial charge in [-0.25, -0.2) is 0 Å². The number of hydrogen-bond donors (Lipinski definition) is 0. The van der Waals surface area contributed by atoms with Crippen molar-refractivity contribution >= 4 is 23.2 Å². The second-order valence-electron chi connectivity index (χ2n) is 8.20. The van der Waals surface area contributed by atoms with Gasteiger partial charge in [0.2, 0.25) is 0 Å². The number of para-hydroxylation sites is 2. The first-order valence-corrected chi connectivity index (χ1v) is 11.5. The Kier molecular flexibility index (Phi) is 5.94. The van der Waals surface area contributed by atoms with Gasteiger partial charge >= 0.3 is 0 Å². The zero-order chi connectivity index (χ0) is 23.7. The van der Waals surface area contributed by atoms with Crippen LogP contribution in [0.25, 0.3) is 16.9 Å². The van der Waals surface area contributed by atoms with Gasteiger partial charge in [0, 0.05) is 45.1 Å². The Morgan fingerprint density at radius 2 is 1.71 bits per heavy atom. The Labute approximate surface area is 202 Å². The molecule has 2 aromatic rings. The van der Waals surface area contributed by atoms with Gasteiger partial charge in [-0.05, 0) is 24.3 Å². The lowest BCUT2D eigenvalue weighted by molar-refractivity contribution is 0.0746. The number of fused-ring (bicyclic) bond motifs is 1. The summed E-state index contributed by atoms with van der Waals surface area (Å²) >= 11 is 6.36. The fourth-order valence-corrected chi connectivity index (χ4v) is 4.60. The van der Waals surface area contributed by atoms with E-state index in [1.807, 2.05) is 59.5 Å². The zero-order valence-corrected chi connectivity index (χ0v) is 19.4. The molecule has 2 aromatic carbocycles. The summed E-state index contributed by atoms with van der Waals surface area (Å²) in [5.74, 6) is -0.139. The van der Waals surface area contributed by atoms with Crippen LogP contribution in [-0.4, -0.2) is 51.3 Å². The zero-order valence-electron chi connectivity index (χ0n) is 18.6. The monoisotopic (exact) mass is 473 g/mol. The van der Waals surface area contributed by atoms with Gasteiger partial charge in [0.15, 0.2) is 0 Å². The predicted octanol–water partition coefficient (Wildman–Crippen LogP) is 3.94. The number of carbonyl (C=O) groups is 1. The van der Waals surface area contributed by atoms with Crippen molar-refractivity contribution in [1.82, 2.24) is 19.2 Å². The van der Waals surface area contributed by atoms with E-state index in [0.29, 0.717) is 60.3 Å². The Morgan fingerprint density at radius 3 is 2.41 bits per heavy atom. The Morgan fingerprint density at radius 1 is 1.00 bits per heavy atom. The summed E-state index contributed by atoms with van der Waals surface area (Å²) in [6.07, 6.45) is 5.22. The number of pyridine rings is 1. The van der Waals surface area contributed by atoms with Gasteiger partial charge < -0.3 is 14.4 Å². The molecule has 0 bridgehead atoms. The second kappa shape index (κ2) is 9.19. The Balaban J connectivity index is 1.48. The van der Waals surface area contributed by atoms with Crippen LogP contribution in [0.2, 0.25) is 5.02 Å². The third-order valence-corrected chi connectivity index (χ3v) is 6.37. The van der Waals surface area contributed by atoms with Crippen LogP contribution in [0.15, 0.2) is 84.4 Å². The molecule has 8 heteroatoms. The molecule has 0 unspecified atom stereocenters. The molecule has 172 valence electrons. The van der Waals surface area contributed by atoms with Gasteiger partial charge in [0.05, 0.1) is 27.5 Å². The molecule has 0 radical (unpaired) electrons. The third-order valence-electron chi connectivity index (χ3n) is 6.05. The molecule has 1 fully saturated rings. The number of carbonyl (C=O) groups excluding carboxylic acids is 1. The average Bonchev–Trinajstić information content (AvgIpc) is 3.21. The highest BCUT2D eigenvalue weighted by Crippen LogP contribution is 2.28. The molecule has 1 saturated heterocycles. The van der Waals surface area contributed by atoms with Crippen molar-refractivity contribution in [2.24, 2.45) is 0 Å². The summed E-state index contributed by atoms with van der Waals surface area (Å²) in [6.45, 7) is 6.70. The molecule has 0 saturated carbocycles. The van der Waals surface area contributed by atoms with E-state index in [1.54, 1.807) is 23.0 Å². The third kappa shape index (κ3) is 3.99. The summed E-state index contributed by atoms with van der Waals surface area (Å²) in [5, 5.41) is 5.26. The fourth-order valence-electron chi connectivity index (χ4n) is 4.34. The molecule has 5 rings (SSSR count). The van der Waals surface area contributed by atoms with Crippen molar-refractivity contribution in [3.8, 4) is 16.9 Å². The number of amides is 1. The average molecular weight is 474 g/mol. The van der Waals surface area contributed by atoms with E-state index in [0.717, 1.165) is 5.69 Å². The molecule has 0 aliphatic carbocycles. The van der Waals surface area contributed by atoms with Crippen molar-refractivity contribution in [2.75, 3.05) is 31.1 Å². The standard InChI is InChI=1S/C26H24ClN5O2/c1-2-12-29-17-20(24-21(18-29)26(34)32(28-24)19-8-4-3-5-9-19)25(33)31-15-13-30(14-16-31)23-11-7-6-10-22(23)27/h2-11,17-18H,1,12-16H2. The second-order valence-corrected chi connectivity index (χ2v) is 8.61. The normalized spacial score (nSPS) is 13.9. The number of hydrogen-bond acceptors (Lipinski definition) is 4. The highest BCUT2D eigenvalue weighted by atomic mass is 35.5. The van der Waals surface area contributed by atoms with Gasteiger partial charge in [0.25, 0.3) is 11.5 Å². The summed E-state index contributed by atoms with van der Waals surface area (Å²) in [6, 6.07) is 17.0. The Bertz CT molecular complexity index is 1370. The van der Waals surface area contributed by atoms with Crippen LogP contribution in [0.1, 0.15) is 10.4 Å². The highest BCUT2D eigenvalue weighted by molar-refractivity contribution is 6.33. The summed E-state index contributed by atoms with van der Waals surface area (Å²) < 4.78 is 3.16. The van der Waals surface area contributed by atoms with Gasteiger partial charge in [-0.2, -0.15) is 9.78 Å². The molecule has 3 heterocycles. The van der Waals surface area contributed by atoms with Crippen LogP contribution in [0.4, 0.5) is 5.69 Å². The summed E-state index contributed by atoms with van der Waals surface area (Å²) in [7, 11) is 0. The lowest BCUT2D eigenvalue weighted by Gasteiger charge is -2.36. The van der Waals surface area contributed by atoms with Crippen LogP contribution in [0.3, 0.4) is 0 Å². The van der Waals surface area contributed by atoms with Gasteiger partial charge in [-0.1, -0.05) is 48.0 Å². The molecule has 1 amide bonds. The fraction of sp³-hybridized carbons (Fsp3) is 0.192. The molecule has 3 aliphatic heterocycles. The number of halogens is 1. The minimum Gasteiger partial charge on any atom is -0.367 e. The van der Waals surface area contributed by atoms with E-state index >= 15 is 0 Å². The molecule has 0 aromatic heterocycles. The molecule has 34 heavy (non-hydrogen) atoms. The predicted molar refractivity (Wildman–Crippen MR) is 134 cm³/mol. The van der Waals surface area contributed by atoms with Gasteiger partial charge in [0.1, 0.15) is 5.69 Å². The van der Waals surface area contributed by atoms with Gasteiger partial charge in [-0.3, -0.25) is 9.59 Å². The van der Waals surface area contributed by atoms with Crippen molar-refractivity contribution in [3.63, 3.8) is 0 Å². The summed E-state index contributed by atoms with van der Waals surface area (Å²) in [5.41, 5.74) is 2.61. The molecule has 0 spiro atoms. The molecular formula is C26H24ClN5O2. The smallest absolute Gasteiger partial charge is 0.282 e. The molecular weight excluding hydrogens is 450 g/mol. The van der Waals surface area contributed by atoms with Crippen molar-refractivity contribution in [3.05, 3.63) is 101 Å². The van der Waals surface area contributed by atoms with Gasteiger partial charge in [-0.15, -0.1) is 6.58 Å². The van der Waals surface area contributed by atoms with Crippen LogP contribution < -0.4 is 10.5 Å². The number of allylic oxidation sites excluding steroid dienone is 1. The van der Waals surface area contributed by atoms with Crippen molar-refractivity contribution in [1.29, 1.82) is 0 Å². The molecule has 3 aliphatic rings. The topological polar surface area (TPSA) is 63.4 Å². The van der Waals surface area contributed by atoms with E-state index in [1.165, 1.54) is 4.68 Å². The minimum atomic E-state index is -0.253. The quantitative estimate of drug-likeness (QED) is 0.412. The van der Waals surface area contributed by atoms with E-state index in [-0.39, 0.29) is 11.5 Å². The van der Waals surface area contributed by atoms with E-state index in [4.69, 9.17) is 11.6 Å². The number of rotatable bonds is 5. The molecule has 0 N–H and O–H groups in total. The number of piperazine rings is 1. The summed E-state index contributed by atoms with van der Waals surface area (Å²) in [4.78, 5) is 30.8. The number of nitrogens with zero attached hydrogens (tertiary/aromatic N) is 5. The van der Waals surface area contributed by atoms with Crippen molar-refractivity contribution in [2.45, 2.75) is 6.54 Å². The lowest BCUT2D eigenvalue weighted by Crippen LogP contribution is -2.49. The first-order valence-electron chi connectivity index (χ1n) is 11.1. The first-order chi connectivity index (χ1) is 16.6. The van der Waals surface area contributed by atoms with E-state index in [2.05, 4.69) is 16.6 Å². The number of benzene rings is 2. The highest BCUT2D eigenvalue weighted by Gasteiger charge is 2.29. The van der Waals surface area contributed by atoms with Crippen LogP contribution in [0.5, 0.6) is 0 Å². The Hall–Kier alpha value is -3.84. The molecule has 0 atom stereocenters. The SMILES string of the molecule is C=CCn1cc(C(=O)N2CCN(c3ccccc3Cl)CC2)c2nn(-c3ccccc3)c(=O)c-2c1. The van der Waals surface area contributed by atoms with Crippen LogP contribution in [-0.2, 0) is 6.54 Å². The van der Waals surface area contributed by atoms with Crippen LogP contribution in [0, 0.1) is 0 Å². The largest absolute Gasteiger partial charge is 0.367 e. The van der Waals surface area contributed by atoms with Crippen LogP contribution >= 0.6 is 11.6 Å². The molecule has 7 nitrogen and oxygen atoms in total. The maximum Gasteiger partial charge on any atom is 0.282 e. The maximum atomic E-state index is 13.6.